The van der Waals surface area contributed by atoms with Gasteiger partial charge >= 0.3 is 0 Å². The molecule has 45 heavy (non-hydrogen) atoms. The molecule has 3 heterocycles. The third kappa shape index (κ3) is 5.18. The molecule has 1 atom stereocenters. The van der Waals surface area contributed by atoms with E-state index in [4.69, 9.17) is 14.8 Å². The smallest absolute Gasteiger partial charge is 0.137 e. The number of hydrogen-bond acceptors (Lipinski definition) is 3. The molecule has 5 nitrogen and oxygen atoms in total. The number of aryl methyl sites for hydroxylation is 2. The van der Waals surface area contributed by atoms with Gasteiger partial charge in [-0.3, -0.25) is 4.57 Å². The SMILES string of the molecule is CCc1ccnc(-n2c3ccc(C(C)CC)cc3c3ccc(Oc4cccc(-n5nc(C)c(-c6ccccc6)c5C)c4)cc32)c1. The predicted molar refractivity (Wildman–Crippen MR) is 185 cm³/mol. The van der Waals surface area contributed by atoms with Crippen LogP contribution in [0.15, 0.2) is 109 Å². The summed E-state index contributed by atoms with van der Waals surface area (Å²) in [4.78, 5) is 4.81. The van der Waals surface area contributed by atoms with Crippen molar-refractivity contribution in [1.82, 2.24) is 19.3 Å². The summed E-state index contributed by atoms with van der Waals surface area (Å²) >= 11 is 0. The summed E-state index contributed by atoms with van der Waals surface area (Å²) in [5.74, 6) is 2.95. The molecule has 7 rings (SSSR count). The monoisotopic (exact) mass is 590 g/mol. The molecule has 0 amide bonds. The van der Waals surface area contributed by atoms with E-state index in [2.05, 4.69) is 124 Å². The van der Waals surface area contributed by atoms with Gasteiger partial charge in [0, 0.05) is 40.4 Å². The molecule has 4 aromatic carbocycles. The molecule has 0 bridgehead atoms. The molecule has 5 heteroatoms. The van der Waals surface area contributed by atoms with Crippen LogP contribution < -0.4 is 4.74 Å². The van der Waals surface area contributed by atoms with Crippen molar-refractivity contribution < 1.29 is 4.74 Å². The van der Waals surface area contributed by atoms with E-state index in [1.54, 1.807) is 0 Å². The molecule has 0 radical (unpaired) electrons. The molecule has 0 aliphatic carbocycles. The van der Waals surface area contributed by atoms with Gasteiger partial charge in [-0.05, 0) is 97.8 Å². The van der Waals surface area contributed by atoms with Gasteiger partial charge in [-0.1, -0.05) is 63.2 Å². The van der Waals surface area contributed by atoms with Gasteiger partial charge in [0.05, 0.1) is 22.4 Å². The maximum Gasteiger partial charge on any atom is 0.137 e. The predicted octanol–water partition coefficient (Wildman–Crippen LogP) is 10.5. The van der Waals surface area contributed by atoms with Crippen LogP contribution in [0.5, 0.6) is 11.5 Å². The van der Waals surface area contributed by atoms with Crippen LogP contribution in [0, 0.1) is 13.8 Å². The number of ether oxygens (including phenoxy) is 1. The standard InChI is InChI=1S/C40H38N4O/c1-6-26(3)31-16-19-37-36(23-31)35-18-17-34(25-38(35)43(37)39-22-29(7-2)20-21-41-39)45-33-15-11-14-32(24-33)44-28(5)40(27(4)42-44)30-12-9-8-10-13-30/h8-26H,6-7H2,1-5H3. The van der Waals surface area contributed by atoms with Crippen LogP contribution in [0.3, 0.4) is 0 Å². The van der Waals surface area contributed by atoms with Crippen LogP contribution in [0.4, 0.5) is 0 Å². The molecule has 224 valence electrons. The van der Waals surface area contributed by atoms with Gasteiger partial charge in [-0.2, -0.15) is 5.10 Å². The summed E-state index contributed by atoms with van der Waals surface area (Å²) in [5.41, 5.74) is 10.2. The third-order valence-corrected chi connectivity index (χ3v) is 9.04. The molecule has 0 spiro atoms. The zero-order valence-electron chi connectivity index (χ0n) is 26.6. The van der Waals surface area contributed by atoms with Gasteiger partial charge in [0.1, 0.15) is 17.3 Å². The number of pyridine rings is 1. The molecule has 0 saturated carbocycles. The van der Waals surface area contributed by atoms with Gasteiger partial charge in [-0.15, -0.1) is 0 Å². The van der Waals surface area contributed by atoms with E-state index >= 15 is 0 Å². The maximum atomic E-state index is 6.55. The lowest BCUT2D eigenvalue weighted by Gasteiger charge is -2.11. The van der Waals surface area contributed by atoms with Crippen molar-refractivity contribution in [1.29, 1.82) is 0 Å². The van der Waals surface area contributed by atoms with Crippen molar-refractivity contribution in [2.75, 3.05) is 0 Å². The third-order valence-electron chi connectivity index (χ3n) is 9.04. The first kappa shape index (κ1) is 28.6. The van der Waals surface area contributed by atoms with Crippen molar-refractivity contribution in [3.8, 4) is 34.1 Å². The molecule has 0 aliphatic heterocycles. The van der Waals surface area contributed by atoms with Crippen molar-refractivity contribution in [3.05, 3.63) is 132 Å². The van der Waals surface area contributed by atoms with Gasteiger partial charge in [-0.25, -0.2) is 9.67 Å². The Balaban J connectivity index is 1.31. The topological polar surface area (TPSA) is 44.9 Å². The Hall–Kier alpha value is -5.16. The molecule has 0 N–H and O–H groups in total. The van der Waals surface area contributed by atoms with Crippen LogP contribution in [0.1, 0.15) is 55.6 Å². The summed E-state index contributed by atoms with van der Waals surface area (Å²) < 4.78 is 10.8. The summed E-state index contributed by atoms with van der Waals surface area (Å²) in [6, 6.07) is 36.1. The van der Waals surface area contributed by atoms with Crippen LogP contribution in [0.2, 0.25) is 0 Å². The minimum absolute atomic E-state index is 0.496. The van der Waals surface area contributed by atoms with Gasteiger partial charge in [0.15, 0.2) is 0 Å². The molecule has 0 saturated heterocycles. The number of fused-ring (bicyclic) bond motifs is 3. The number of benzene rings is 4. The Morgan fingerprint density at radius 2 is 1.58 bits per heavy atom. The number of aromatic nitrogens is 4. The van der Waals surface area contributed by atoms with E-state index < -0.39 is 0 Å². The maximum absolute atomic E-state index is 6.55. The normalized spacial score (nSPS) is 12.2. The van der Waals surface area contributed by atoms with Crippen molar-refractivity contribution in [2.45, 2.75) is 53.4 Å². The lowest BCUT2D eigenvalue weighted by molar-refractivity contribution is 0.482. The summed E-state index contributed by atoms with van der Waals surface area (Å²) in [5, 5.41) is 7.33. The first-order valence-electron chi connectivity index (χ1n) is 15.9. The second-order valence-electron chi connectivity index (χ2n) is 11.9. The van der Waals surface area contributed by atoms with Gasteiger partial charge in [0.2, 0.25) is 0 Å². The first-order valence-corrected chi connectivity index (χ1v) is 15.9. The lowest BCUT2D eigenvalue weighted by Crippen LogP contribution is -2.00. The van der Waals surface area contributed by atoms with E-state index in [0.717, 1.165) is 63.8 Å². The highest BCUT2D eigenvalue weighted by Crippen LogP contribution is 2.37. The largest absolute Gasteiger partial charge is 0.457 e. The second-order valence-corrected chi connectivity index (χ2v) is 11.9. The molecular formula is C40H38N4O. The number of nitrogens with zero attached hydrogens (tertiary/aromatic N) is 4. The molecule has 3 aromatic heterocycles. The lowest BCUT2D eigenvalue weighted by atomic mass is 9.97. The average molecular weight is 591 g/mol. The fourth-order valence-corrected chi connectivity index (χ4v) is 6.41. The molecule has 1 unspecified atom stereocenters. The first-order chi connectivity index (χ1) is 21.9. The Labute approximate surface area is 264 Å². The van der Waals surface area contributed by atoms with E-state index in [0.29, 0.717) is 5.92 Å². The average Bonchev–Trinajstić information content (AvgIpc) is 3.56. The molecule has 7 aromatic rings. The minimum atomic E-state index is 0.496. The Bertz CT molecular complexity index is 2160. The van der Waals surface area contributed by atoms with E-state index in [1.807, 2.05) is 29.1 Å². The van der Waals surface area contributed by atoms with E-state index in [9.17, 15) is 0 Å². The van der Waals surface area contributed by atoms with Crippen LogP contribution in [0.25, 0.3) is 44.4 Å². The molecular weight excluding hydrogens is 552 g/mol. The zero-order chi connectivity index (χ0) is 31.1. The Morgan fingerprint density at radius 1 is 0.756 bits per heavy atom. The van der Waals surface area contributed by atoms with E-state index in [1.165, 1.54) is 27.5 Å². The van der Waals surface area contributed by atoms with Crippen LogP contribution in [-0.4, -0.2) is 19.3 Å². The molecule has 0 fully saturated rings. The highest BCUT2D eigenvalue weighted by molar-refractivity contribution is 6.09. The Kier molecular flexibility index (Phi) is 7.46. The minimum Gasteiger partial charge on any atom is -0.457 e. The van der Waals surface area contributed by atoms with Crippen LogP contribution >= 0.6 is 0 Å². The summed E-state index contributed by atoms with van der Waals surface area (Å²) in [7, 11) is 0. The fraction of sp³-hybridized carbons (Fsp3) is 0.200. The highest BCUT2D eigenvalue weighted by Gasteiger charge is 2.18. The fourth-order valence-electron chi connectivity index (χ4n) is 6.41. The van der Waals surface area contributed by atoms with Crippen molar-refractivity contribution in [2.24, 2.45) is 0 Å². The number of hydrogen-bond donors (Lipinski definition) is 0. The van der Waals surface area contributed by atoms with Crippen LogP contribution in [-0.2, 0) is 6.42 Å². The van der Waals surface area contributed by atoms with Gasteiger partial charge in [0.25, 0.3) is 0 Å². The summed E-state index contributed by atoms with van der Waals surface area (Å²) in [6.45, 7) is 10.9. The quantitative estimate of drug-likeness (QED) is 0.177. The van der Waals surface area contributed by atoms with Crippen molar-refractivity contribution >= 4 is 21.8 Å². The number of rotatable bonds is 8. The molecule has 0 aliphatic rings. The Morgan fingerprint density at radius 3 is 2.38 bits per heavy atom. The van der Waals surface area contributed by atoms with Crippen molar-refractivity contribution in [3.63, 3.8) is 0 Å². The van der Waals surface area contributed by atoms with E-state index in [-0.39, 0.29) is 0 Å². The van der Waals surface area contributed by atoms with Gasteiger partial charge < -0.3 is 4.74 Å². The second kappa shape index (κ2) is 11.7. The highest BCUT2D eigenvalue weighted by atomic mass is 16.5. The zero-order valence-corrected chi connectivity index (χ0v) is 26.6. The summed E-state index contributed by atoms with van der Waals surface area (Å²) in [6.07, 6.45) is 3.97.